The number of hydrogen-bond donors (Lipinski definition) is 2. The number of sulfone groups is 1. The molecule has 8 heteroatoms. The highest BCUT2D eigenvalue weighted by Gasteiger charge is 2.11. The third-order valence-electron chi connectivity index (χ3n) is 4.35. The molecule has 166 valence electrons. The number of thioether (sulfide) groups is 1. The van der Waals surface area contributed by atoms with Gasteiger partial charge in [0.1, 0.15) is 0 Å². The maximum absolute atomic E-state index is 12.3. The van der Waals surface area contributed by atoms with Gasteiger partial charge in [0.05, 0.1) is 18.1 Å². The zero-order valence-corrected chi connectivity index (χ0v) is 21.8. The molecule has 0 radical (unpaired) electrons. The summed E-state index contributed by atoms with van der Waals surface area (Å²) in [6.45, 7) is 5.99. The lowest BCUT2D eigenvalue weighted by Gasteiger charge is -2.12. The third kappa shape index (κ3) is 9.70. The first-order valence-electron chi connectivity index (χ1n) is 9.83. The van der Waals surface area contributed by atoms with Crippen molar-refractivity contribution >= 4 is 51.5 Å². The standard InChI is InChI=1S/C22H31N3O2S2.HI/c1-4-23-22(25-16-20-12-11-18(2)15-21(20)28-3)24-13-8-14-29(26,27)17-19-9-6-5-7-10-19;/h5-7,9-12,15H,4,8,13-14,16-17H2,1-3H3,(H2,23,24,25);1H. The largest absolute Gasteiger partial charge is 0.357 e. The van der Waals surface area contributed by atoms with Crippen LogP contribution < -0.4 is 10.6 Å². The SMILES string of the molecule is CCNC(=NCc1ccc(C)cc1SC)NCCCS(=O)(=O)Cc1ccccc1.I. The van der Waals surface area contributed by atoms with Gasteiger partial charge in [0.2, 0.25) is 0 Å². The predicted octanol–water partition coefficient (Wildman–Crippen LogP) is 4.40. The quantitative estimate of drug-likeness (QED) is 0.148. The van der Waals surface area contributed by atoms with E-state index in [2.05, 4.69) is 47.0 Å². The van der Waals surface area contributed by atoms with Gasteiger partial charge < -0.3 is 10.6 Å². The normalized spacial score (nSPS) is 11.6. The number of halogens is 1. The summed E-state index contributed by atoms with van der Waals surface area (Å²) >= 11 is 1.72. The van der Waals surface area contributed by atoms with E-state index in [0.29, 0.717) is 25.5 Å². The Kier molecular flexibility index (Phi) is 12.4. The lowest BCUT2D eigenvalue weighted by molar-refractivity contribution is 0.591. The Balaban J connectivity index is 0.00000450. The van der Waals surface area contributed by atoms with Gasteiger partial charge in [0, 0.05) is 18.0 Å². The molecule has 0 saturated carbocycles. The van der Waals surface area contributed by atoms with Gasteiger partial charge in [0.25, 0.3) is 0 Å². The number of nitrogens with zero attached hydrogens (tertiary/aromatic N) is 1. The lowest BCUT2D eigenvalue weighted by atomic mass is 10.1. The molecular formula is C22H32IN3O2S2. The summed E-state index contributed by atoms with van der Waals surface area (Å²) in [6, 6.07) is 15.7. The fraction of sp³-hybridized carbons (Fsp3) is 0.409. The molecule has 30 heavy (non-hydrogen) atoms. The van der Waals surface area contributed by atoms with Crippen molar-refractivity contribution in [1.29, 1.82) is 0 Å². The molecule has 0 fully saturated rings. The number of guanidine groups is 1. The first-order valence-corrected chi connectivity index (χ1v) is 12.9. The van der Waals surface area contributed by atoms with Crippen LogP contribution in [0.2, 0.25) is 0 Å². The fourth-order valence-electron chi connectivity index (χ4n) is 2.89. The Labute approximate surface area is 202 Å². The molecule has 5 nitrogen and oxygen atoms in total. The highest BCUT2D eigenvalue weighted by molar-refractivity contribution is 14.0. The first-order chi connectivity index (χ1) is 13.9. The van der Waals surface area contributed by atoms with E-state index in [1.54, 1.807) is 11.8 Å². The molecule has 2 aromatic carbocycles. The average molecular weight is 562 g/mol. The summed E-state index contributed by atoms with van der Waals surface area (Å²) in [6.07, 6.45) is 2.61. The average Bonchev–Trinajstić information content (AvgIpc) is 2.70. The van der Waals surface area contributed by atoms with Gasteiger partial charge in [-0.1, -0.05) is 42.5 Å². The van der Waals surface area contributed by atoms with Crippen LogP contribution in [0.15, 0.2) is 58.4 Å². The van der Waals surface area contributed by atoms with Crippen molar-refractivity contribution in [3.05, 3.63) is 65.2 Å². The number of nitrogens with one attached hydrogen (secondary N) is 2. The lowest BCUT2D eigenvalue weighted by Crippen LogP contribution is -2.38. The molecule has 0 aliphatic carbocycles. The monoisotopic (exact) mass is 561 g/mol. The molecule has 2 aromatic rings. The Morgan fingerprint density at radius 2 is 1.83 bits per heavy atom. The zero-order valence-electron chi connectivity index (χ0n) is 17.8. The van der Waals surface area contributed by atoms with E-state index in [0.717, 1.165) is 12.1 Å². The summed E-state index contributed by atoms with van der Waals surface area (Å²) in [5.41, 5.74) is 3.26. The van der Waals surface area contributed by atoms with Crippen molar-refractivity contribution in [2.75, 3.05) is 25.1 Å². The van der Waals surface area contributed by atoms with Crippen LogP contribution in [0.4, 0.5) is 0 Å². The van der Waals surface area contributed by atoms with Crippen molar-refractivity contribution < 1.29 is 8.42 Å². The van der Waals surface area contributed by atoms with Crippen molar-refractivity contribution in [3.63, 3.8) is 0 Å². The van der Waals surface area contributed by atoms with Crippen molar-refractivity contribution in [2.45, 2.75) is 37.5 Å². The number of rotatable bonds is 10. The van der Waals surface area contributed by atoms with E-state index >= 15 is 0 Å². The minimum absolute atomic E-state index is 0. The van der Waals surface area contributed by atoms with E-state index in [1.165, 1.54) is 16.0 Å². The second kappa shape index (κ2) is 13.9. The maximum Gasteiger partial charge on any atom is 0.191 e. The minimum atomic E-state index is -3.12. The van der Waals surface area contributed by atoms with Crippen molar-refractivity contribution in [1.82, 2.24) is 10.6 Å². The molecule has 0 amide bonds. The van der Waals surface area contributed by atoms with Gasteiger partial charge in [-0.05, 0) is 49.3 Å². The van der Waals surface area contributed by atoms with Gasteiger partial charge in [-0.15, -0.1) is 35.7 Å². The molecule has 0 spiro atoms. The molecule has 0 atom stereocenters. The molecule has 0 aromatic heterocycles. The van der Waals surface area contributed by atoms with Crippen LogP contribution >= 0.6 is 35.7 Å². The Morgan fingerprint density at radius 3 is 2.50 bits per heavy atom. The topological polar surface area (TPSA) is 70.6 Å². The van der Waals surface area contributed by atoms with Gasteiger partial charge in [-0.25, -0.2) is 13.4 Å². The minimum Gasteiger partial charge on any atom is -0.357 e. The first kappa shape index (κ1) is 26.8. The van der Waals surface area contributed by atoms with Gasteiger partial charge in [-0.2, -0.15) is 0 Å². The molecule has 0 aliphatic rings. The van der Waals surface area contributed by atoms with Crippen LogP contribution in [0.1, 0.15) is 30.0 Å². The molecular weight excluding hydrogens is 529 g/mol. The second-order valence-corrected chi connectivity index (χ2v) is 9.90. The van der Waals surface area contributed by atoms with Crippen LogP contribution in [0, 0.1) is 6.92 Å². The van der Waals surface area contributed by atoms with E-state index in [9.17, 15) is 8.42 Å². The Hall–Kier alpha value is -1.26. The van der Waals surface area contributed by atoms with Crippen molar-refractivity contribution in [2.24, 2.45) is 4.99 Å². The van der Waals surface area contributed by atoms with E-state index in [-0.39, 0.29) is 35.5 Å². The van der Waals surface area contributed by atoms with Crippen molar-refractivity contribution in [3.8, 4) is 0 Å². The molecule has 0 bridgehead atoms. The summed E-state index contributed by atoms with van der Waals surface area (Å²) in [4.78, 5) is 5.89. The van der Waals surface area contributed by atoms with E-state index in [4.69, 9.17) is 0 Å². The molecule has 2 rings (SSSR count). The summed E-state index contributed by atoms with van der Waals surface area (Å²) < 4.78 is 24.6. The van der Waals surface area contributed by atoms with E-state index in [1.807, 2.05) is 37.3 Å². The van der Waals surface area contributed by atoms with Crippen LogP contribution in [-0.2, 0) is 22.1 Å². The summed E-state index contributed by atoms with van der Waals surface area (Å²) in [5, 5.41) is 6.47. The van der Waals surface area contributed by atoms with Gasteiger partial charge in [0.15, 0.2) is 15.8 Å². The fourth-order valence-corrected chi connectivity index (χ4v) is 5.01. The third-order valence-corrected chi connectivity index (χ3v) is 6.85. The summed E-state index contributed by atoms with van der Waals surface area (Å²) in [7, 11) is -3.12. The Bertz CT molecular complexity index is 904. The number of hydrogen-bond acceptors (Lipinski definition) is 4. The maximum atomic E-state index is 12.3. The van der Waals surface area contributed by atoms with Crippen LogP contribution in [-0.4, -0.2) is 39.5 Å². The number of aryl methyl sites for hydroxylation is 1. The van der Waals surface area contributed by atoms with Gasteiger partial charge in [-0.3, -0.25) is 0 Å². The van der Waals surface area contributed by atoms with E-state index < -0.39 is 9.84 Å². The predicted molar refractivity (Wildman–Crippen MR) is 140 cm³/mol. The summed E-state index contributed by atoms with van der Waals surface area (Å²) in [5.74, 6) is 0.955. The number of aliphatic imine (C=N–C) groups is 1. The smallest absolute Gasteiger partial charge is 0.191 e. The molecule has 0 saturated heterocycles. The highest BCUT2D eigenvalue weighted by atomic mass is 127. The molecule has 0 aliphatic heterocycles. The molecule has 0 unspecified atom stereocenters. The van der Waals surface area contributed by atoms with Crippen LogP contribution in [0.25, 0.3) is 0 Å². The second-order valence-electron chi connectivity index (χ2n) is 6.87. The Morgan fingerprint density at radius 1 is 1.10 bits per heavy atom. The molecule has 0 heterocycles. The van der Waals surface area contributed by atoms with Crippen LogP contribution in [0.5, 0.6) is 0 Å². The molecule has 2 N–H and O–H groups in total. The van der Waals surface area contributed by atoms with Gasteiger partial charge >= 0.3 is 0 Å². The number of benzene rings is 2. The zero-order chi connectivity index (χ0) is 21.1. The highest BCUT2D eigenvalue weighted by Crippen LogP contribution is 2.22. The van der Waals surface area contributed by atoms with Crippen LogP contribution in [0.3, 0.4) is 0 Å².